The minimum absolute atomic E-state index is 0. The smallest absolute Gasteiger partial charge is 0.190 e. The summed E-state index contributed by atoms with van der Waals surface area (Å²) in [5.41, 5.74) is 1.15. The lowest BCUT2D eigenvalue weighted by molar-refractivity contribution is 0.790. The van der Waals surface area contributed by atoms with Crippen LogP contribution < -0.4 is 10.6 Å². The first-order chi connectivity index (χ1) is 9.26. The van der Waals surface area contributed by atoms with Crippen molar-refractivity contribution < 1.29 is 0 Å². The standard InChI is InChI=1S/C14H21ClN4.HI/c1-3-4-5-9-17-14(16-2)18-10-8-12-6-7-13(15)19-11-12;/h3-4,6-7,11H,5,8-10H2,1-2H3,(H2,16,17,18);1H/b4-3+;. The zero-order chi connectivity index (χ0) is 13.9. The normalized spacial score (nSPS) is 11.2. The van der Waals surface area contributed by atoms with Gasteiger partial charge in [0.05, 0.1) is 0 Å². The summed E-state index contributed by atoms with van der Waals surface area (Å²) < 4.78 is 0. The lowest BCUT2D eigenvalue weighted by Gasteiger charge is -2.10. The summed E-state index contributed by atoms with van der Waals surface area (Å²) in [7, 11) is 1.77. The number of hydrogen-bond acceptors (Lipinski definition) is 2. The van der Waals surface area contributed by atoms with E-state index in [1.54, 1.807) is 19.3 Å². The molecule has 0 unspecified atom stereocenters. The number of allylic oxidation sites excluding steroid dienone is 1. The summed E-state index contributed by atoms with van der Waals surface area (Å²) in [6.45, 7) is 3.71. The van der Waals surface area contributed by atoms with E-state index in [4.69, 9.17) is 11.6 Å². The summed E-state index contributed by atoms with van der Waals surface area (Å²) in [5, 5.41) is 7.04. The molecule has 4 nitrogen and oxygen atoms in total. The van der Waals surface area contributed by atoms with Gasteiger partial charge in [0.2, 0.25) is 0 Å². The van der Waals surface area contributed by atoms with Gasteiger partial charge in [-0.1, -0.05) is 29.8 Å². The number of nitrogens with zero attached hydrogens (tertiary/aromatic N) is 2. The van der Waals surface area contributed by atoms with Crippen molar-refractivity contribution in [2.75, 3.05) is 20.1 Å². The SMILES string of the molecule is C/C=C/CCNC(=NC)NCCc1ccc(Cl)nc1.I. The number of aromatic nitrogens is 1. The third-order valence-corrected chi connectivity index (χ3v) is 2.78. The Morgan fingerprint density at radius 3 is 2.70 bits per heavy atom. The van der Waals surface area contributed by atoms with E-state index < -0.39 is 0 Å². The second-order valence-electron chi connectivity index (χ2n) is 4.02. The van der Waals surface area contributed by atoms with Crippen molar-refractivity contribution in [3.63, 3.8) is 0 Å². The van der Waals surface area contributed by atoms with E-state index in [1.807, 2.05) is 19.1 Å². The van der Waals surface area contributed by atoms with Gasteiger partial charge in [0.1, 0.15) is 5.15 Å². The number of aliphatic imine (C=N–C) groups is 1. The molecule has 0 aliphatic heterocycles. The van der Waals surface area contributed by atoms with Crippen LogP contribution in [-0.2, 0) is 6.42 Å². The van der Waals surface area contributed by atoms with Gasteiger partial charge in [-0.05, 0) is 31.4 Å². The fraction of sp³-hybridized carbons (Fsp3) is 0.429. The van der Waals surface area contributed by atoms with Crippen LogP contribution in [0.2, 0.25) is 5.15 Å². The van der Waals surface area contributed by atoms with E-state index in [0.29, 0.717) is 5.15 Å². The Morgan fingerprint density at radius 1 is 1.35 bits per heavy atom. The number of nitrogens with one attached hydrogen (secondary N) is 2. The van der Waals surface area contributed by atoms with Gasteiger partial charge in [0.15, 0.2) is 5.96 Å². The first kappa shape index (κ1) is 19.2. The maximum atomic E-state index is 5.74. The number of hydrogen-bond donors (Lipinski definition) is 2. The van der Waals surface area contributed by atoms with Crippen LogP contribution in [0, 0.1) is 0 Å². The van der Waals surface area contributed by atoms with Gasteiger partial charge in [-0.25, -0.2) is 4.98 Å². The fourth-order valence-electron chi connectivity index (χ4n) is 1.54. The highest BCUT2D eigenvalue weighted by atomic mass is 127. The number of halogens is 2. The molecule has 6 heteroatoms. The quantitative estimate of drug-likeness (QED) is 0.190. The molecular formula is C14H22ClIN4. The van der Waals surface area contributed by atoms with Crippen molar-refractivity contribution in [1.29, 1.82) is 0 Å². The molecule has 0 radical (unpaired) electrons. The number of guanidine groups is 1. The van der Waals surface area contributed by atoms with E-state index in [1.165, 1.54) is 0 Å². The largest absolute Gasteiger partial charge is 0.356 e. The molecule has 2 N–H and O–H groups in total. The zero-order valence-electron chi connectivity index (χ0n) is 11.9. The highest BCUT2D eigenvalue weighted by molar-refractivity contribution is 14.0. The third-order valence-electron chi connectivity index (χ3n) is 2.56. The molecule has 0 spiro atoms. The molecule has 0 aromatic carbocycles. The van der Waals surface area contributed by atoms with Gasteiger partial charge in [-0.15, -0.1) is 24.0 Å². The lowest BCUT2D eigenvalue weighted by Crippen LogP contribution is -2.38. The van der Waals surface area contributed by atoms with Crippen LogP contribution in [0.1, 0.15) is 18.9 Å². The first-order valence-corrected chi connectivity index (χ1v) is 6.80. The summed E-state index contributed by atoms with van der Waals surface area (Å²) in [5.74, 6) is 0.825. The van der Waals surface area contributed by atoms with Crippen molar-refractivity contribution in [3.05, 3.63) is 41.2 Å². The summed E-state index contributed by atoms with van der Waals surface area (Å²) in [4.78, 5) is 8.22. The highest BCUT2D eigenvalue weighted by Crippen LogP contribution is 2.05. The average Bonchev–Trinajstić information content (AvgIpc) is 2.43. The van der Waals surface area contributed by atoms with Gasteiger partial charge in [0, 0.05) is 26.3 Å². The van der Waals surface area contributed by atoms with Crippen LogP contribution in [0.4, 0.5) is 0 Å². The Bertz CT molecular complexity index is 418. The molecule has 0 amide bonds. The van der Waals surface area contributed by atoms with E-state index in [2.05, 4.69) is 26.7 Å². The van der Waals surface area contributed by atoms with Gasteiger partial charge >= 0.3 is 0 Å². The Balaban J connectivity index is 0.00000361. The molecule has 0 atom stereocenters. The van der Waals surface area contributed by atoms with Gasteiger partial charge in [-0.3, -0.25) is 4.99 Å². The van der Waals surface area contributed by atoms with E-state index in [9.17, 15) is 0 Å². The summed E-state index contributed by atoms with van der Waals surface area (Å²) in [6.07, 6.45) is 7.86. The lowest BCUT2D eigenvalue weighted by atomic mass is 10.2. The molecule has 0 saturated heterocycles. The van der Waals surface area contributed by atoms with Gasteiger partial charge in [0.25, 0.3) is 0 Å². The van der Waals surface area contributed by atoms with Crippen LogP contribution in [0.3, 0.4) is 0 Å². The van der Waals surface area contributed by atoms with Crippen molar-refractivity contribution in [2.24, 2.45) is 4.99 Å². The Labute approximate surface area is 143 Å². The maximum Gasteiger partial charge on any atom is 0.190 e. The predicted molar refractivity (Wildman–Crippen MR) is 97.2 cm³/mol. The molecule has 1 aromatic heterocycles. The van der Waals surface area contributed by atoms with Crippen LogP contribution in [-0.4, -0.2) is 31.1 Å². The van der Waals surface area contributed by atoms with E-state index >= 15 is 0 Å². The van der Waals surface area contributed by atoms with Crippen LogP contribution in [0.25, 0.3) is 0 Å². The fourth-order valence-corrected chi connectivity index (χ4v) is 1.65. The molecule has 112 valence electrons. The van der Waals surface area contributed by atoms with E-state index in [0.717, 1.165) is 37.5 Å². The third kappa shape index (κ3) is 8.37. The zero-order valence-corrected chi connectivity index (χ0v) is 15.0. The summed E-state index contributed by atoms with van der Waals surface area (Å²) in [6, 6.07) is 3.79. The number of pyridine rings is 1. The topological polar surface area (TPSA) is 49.3 Å². The predicted octanol–water partition coefficient (Wildman–Crippen LogP) is 3.03. The Kier molecular flexibility index (Phi) is 11.5. The molecule has 0 bridgehead atoms. The maximum absolute atomic E-state index is 5.74. The van der Waals surface area contributed by atoms with E-state index in [-0.39, 0.29) is 24.0 Å². The average molecular weight is 409 g/mol. The van der Waals surface area contributed by atoms with Crippen LogP contribution in [0.15, 0.2) is 35.5 Å². The molecule has 1 aromatic rings. The highest BCUT2D eigenvalue weighted by Gasteiger charge is 1.97. The second-order valence-corrected chi connectivity index (χ2v) is 4.41. The second kappa shape index (κ2) is 12.0. The first-order valence-electron chi connectivity index (χ1n) is 6.42. The van der Waals surface area contributed by atoms with Crippen molar-refractivity contribution in [3.8, 4) is 0 Å². The molecule has 0 aliphatic carbocycles. The minimum Gasteiger partial charge on any atom is -0.356 e. The molecule has 0 saturated carbocycles. The Hall–Kier alpha value is -0.820. The summed E-state index contributed by atoms with van der Waals surface area (Å²) >= 11 is 5.74. The minimum atomic E-state index is 0. The van der Waals surface area contributed by atoms with Gasteiger partial charge < -0.3 is 10.6 Å². The molecule has 0 fully saturated rings. The number of rotatable bonds is 6. The molecule has 1 rings (SSSR count). The Morgan fingerprint density at radius 2 is 2.10 bits per heavy atom. The van der Waals surface area contributed by atoms with Crippen molar-refractivity contribution in [1.82, 2.24) is 15.6 Å². The molecule has 20 heavy (non-hydrogen) atoms. The van der Waals surface area contributed by atoms with Crippen molar-refractivity contribution >= 4 is 41.5 Å². The van der Waals surface area contributed by atoms with Gasteiger partial charge in [-0.2, -0.15) is 0 Å². The molecular weight excluding hydrogens is 387 g/mol. The molecule has 0 aliphatic rings. The molecule has 1 heterocycles. The monoisotopic (exact) mass is 408 g/mol. The van der Waals surface area contributed by atoms with Crippen LogP contribution >= 0.6 is 35.6 Å². The van der Waals surface area contributed by atoms with Crippen molar-refractivity contribution in [2.45, 2.75) is 19.8 Å². The van der Waals surface area contributed by atoms with Crippen LogP contribution in [0.5, 0.6) is 0 Å².